The van der Waals surface area contributed by atoms with Crippen LogP contribution in [0.15, 0.2) is 16.6 Å². The minimum Gasteiger partial charge on any atom is -0.380 e. The summed E-state index contributed by atoms with van der Waals surface area (Å²) in [6.45, 7) is 0.0794. The highest BCUT2D eigenvalue weighted by Crippen LogP contribution is 2.20. The van der Waals surface area contributed by atoms with Gasteiger partial charge in [-0.15, -0.1) is 0 Å². The second-order valence-electron chi connectivity index (χ2n) is 2.29. The van der Waals surface area contributed by atoms with Gasteiger partial charge in [0.2, 0.25) is 0 Å². The van der Waals surface area contributed by atoms with E-state index in [9.17, 15) is 8.78 Å². The average Bonchev–Trinajstić information content (AvgIpc) is 2.01. The van der Waals surface area contributed by atoms with Crippen LogP contribution in [0, 0.1) is 11.6 Å². The zero-order valence-corrected chi connectivity index (χ0v) is 7.99. The Hall–Kier alpha value is -0.480. The Bertz CT molecular complexity index is 289. The maximum absolute atomic E-state index is 12.9. The van der Waals surface area contributed by atoms with Crippen LogP contribution in [0.1, 0.15) is 5.56 Å². The number of benzene rings is 1. The van der Waals surface area contributed by atoms with E-state index < -0.39 is 11.6 Å². The van der Waals surface area contributed by atoms with Crippen LogP contribution in [0.4, 0.5) is 8.78 Å². The summed E-state index contributed by atoms with van der Waals surface area (Å²) in [6.07, 6.45) is 0. The molecular weight excluding hydrogens is 230 g/mol. The first kappa shape index (κ1) is 9.61. The number of rotatable bonds is 2. The Labute approximate surface area is 77.5 Å². The molecule has 0 aliphatic rings. The van der Waals surface area contributed by atoms with Crippen molar-refractivity contribution in [2.75, 3.05) is 7.11 Å². The van der Waals surface area contributed by atoms with Crippen LogP contribution in [0.5, 0.6) is 0 Å². The van der Waals surface area contributed by atoms with Crippen molar-refractivity contribution in [3.63, 3.8) is 0 Å². The maximum atomic E-state index is 12.9. The Morgan fingerprint density at radius 2 is 2.00 bits per heavy atom. The molecule has 0 aliphatic heterocycles. The first-order valence-corrected chi connectivity index (χ1v) is 4.07. The summed E-state index contributed by atoms with van der Waals surface area (Å²) in [5, 5.41) is 0. The smallest absolute Gasteiger partial charge is 0.137 e. The molecule has 0 unspecified atom stereocenters. The van der Waals surface area contributed by atoms with Gasteiger partial charge in [-0.05, 0) is 28.1 Å². The number of ether oxygens (including phenoxy) is 1. The van der Waals surface area contributed by atoms with Crippen molar-refractivity contribution in [2.24, 2.45) is 0 Å². The zero-order chi connectivity index (χ0) is 9.14. The largest absolute Gasteiger partial charge is 0.380 e. The van der Waals surface area contributed by atoms with Crippen molar-refractivity contribution in [3.05, 3.63) is 33.8 Å². The Morgan fingerprint density at radius 3 is 2.58 bits per heavy atom. The topological polar surface area (TPSA) is 9.23 Å². The molecule has 0 saturated heterocycles. The van der Waals surface area contributed by atoms with E-state index in [1.165, 1.54) is 7.11 Å². The normalized spacial score (nSPS) is 10.3. The Kier molecular flexibility index (Phi) is 3.17. The Morgan fingerprint density at radius 1 is 1.33 bits per heavy atom. The lowest BCUT2D eigenvalue weighted by atomic mass is 10.2. The predicted octanol–water partition coefficient (Wildman–Crippen LogP) is 2.87. The third-order valence-electron chi connectivity index (χ3n) is 1.39. The predicted molar refractivity (Wildman–Crippen MR) is 44.8 cm³/mol. The summed E-state index contributed by atoms with van der Waals surface area (Å²) in [5.41, 5.74) is 0.221. The van der Waals surface area contributed by atoms with Crippen molar-refractivity contribution in [2.45, 2.75) is 6.61 Å². The number of hydrogen-bond donors (Lipinski definition) is 0. The SMILES string of the molecule is COCc1cc(F)c(Br)cc1F. The van der Waals surface area contributed by atoms with Crippen molar-refractivity contribution in [1.82, 2.24) is 0 Å². The third-order valence-corrected chi connectivity index (χ3v) is 2.00. The highest BCUT2D eigenvalue weighted by atomic mass is 79.9. The molecule has 0 bridgehead atoms. The van der Waals surface area contributed by atoms with Gasteiger partial charge in [0.15, 0.2) is 0 Å². The quantitative estimate of drug-likeness (QED) is 0.718. The lowest BCUT2D eigenvalue weighted by Gasteiger charge is -2.02. The van der Waals surface area contributed by atoms with E-state index in [1.54, 1.807) is 0 Å². The molecule has 0 heterocycles. The minimum atomic E-state index is -0.483. The van der Waals surface area contributed by atoms with Crippen LogP contribution >= 0.6 is 15.9 Å². The van der Waals surface area contributed by atoms with Crippen LogP contribution in [0.25, 0.3) is 0 Å². The molecule has 12 heavy (non-hydrogen) atoms. The number of hydrogen-bond acceptors (Lipinski definition) is 1. The van der Waals surface area contributed by atoms with E-state index in [-0.39, 0.29) is 16.6 Å². The molecule has 1 aromatic rings. The monoisotopic (exact) mass is 236 g/mol. The molecule has 1 nitrogen and oxygen atoms in total. The number of halogens is 3. The van der Waals surface area contributed by atoms with E-state index in [4.69, 9.17) is 0 Å². The summed E-state index contributed by atoms with van der Waals surface area (Å²) < 4.78 is 30.6. The molecule has 0 aliphatic carbocycles. The van der Waals surface area contributed by atoms with E-state index >= 15 is 0 Å². The van der Waals surface area contributed by atoms with E-state index in [2.05, 4.69) is 20.7 Å². The molecule has 66 valence electrons. The first-order valence-electron chi connectivity index (χ1n) is 3.27. The van der Waals surface area contributed by atoms with Gasteiger partial charge in [-0.3, -0.25) is 0 Å². The molecule has 4 heteroatoms. The summed E-state index contributed by atoms with van der Waals surface area (Å²) in [7, 11) is 1.43. The van der Waals surface area contributed by atoms with Gasteiger partial charge < -0.3 is 4.74 Å². The average molecular weight is 237 g/mol. The molecule has 0 amide bonds. The van der Waals surface area contributed by atoms with Crippen LogP contribution in [0.2, 0.25) is 0 Å². The van der Waals surface area contributed by atoms with Gasteiger partial charge in [0.25, 0.3) is 0 Å². The van der Waals surface area contributed by atoms with Gasteiger partial charge >= 0.3 is 0 Å². The van der Waals surface area contributed by atoms with E-state index in [0.717, 1.165) is 12.1 Å². The van der Waals surface area contributed by atoms with Crippen LogP contribution < -0.4 is 0 Å². The molecule has 0 N–H and O–H groups in total. The Balaban J connectivity index is 3.05. The van der Waals surface area contributed by atoms with Gasteiger partial charge in [-0.1, -0.05) is 0 Å². The number of methoxy groups -OCH3 is 1. The van der Waals surface area contributed by atoms with Crippen LogP contribution in [-0.2, 0) is 11.3 Å². The molecule has 0 saturated carbocycles. The lowest BCUT2D eigenvalue weighted by molar-refractivity contribution is 0.181. The standard InChI is InChI=1S/C8H7BrF2O/c1-12-4-5-2-8(11)6(9)3-7(5)10/h2-3H,4H2,1H3. The van der Waals surface area contributed by atoms with Crippen molar-refractivity contribution in [3.8, 4) is 0 Å². The van der Waals surface area contributed by atoms with Crippen molar-refractivity contribution < 1.29 is 13.5 Å². The van der Waals surface area contributed by atoms with Crippen molar-refractivity contribution in [1.29, 1.82) is 0 Å². The second kappa shape index (κ2) is 3.96. The third kappa shape index (κ3) is 2.01. The van der Waals surface area contributed by atoms with Crippen LogP contribution in [-0.4, -0.2) is 7.11 Å². The fourth-order valence-electron chi connectivity index (χ4n) is 0.830. The highest BCUT2D eigenvalue weighted by molar-refractivity contribution is 9.10. The highest BCUT2D eigenvalue weighted by Gasteiger charge is 2.07. The molecule has 0 fully saturated rings. The summed E-state index contributed by atoms with van der Waals surface area (Å²) >= 11 is 2.88. The fraction of sp³-hybridized carbons (Fsp3) is 0.250. The molecule has 0 atom stereocenters. The summed E-state index contributed by atoms with van der Waals surface area (Å²) in [6, 6.07) is 2.20. The van der Waals surface area contributed by atoms with E-state index in [0.29, 0.717) is 0 Å². The summed E-state index contributed by atoms with van der Waals surface area (Å²) in [4.78, 5) is 0. The molecule has 0 aromatic heterocycles. The van der Waals surface area contributed by atoms with Crippen molar-refractivity contribution >= 4 is 15.9 Å². The molecule has 1 aromatic carbocycles. The van der Waals surface area contributed by atoms with Gasteiger partial charge in [0.1, 0.15) is 11.6 Å². The first-order chi connectivity index (χ1) is 5.65. The molecular formula is C8H7BrF2O. The lowest BCUT2D eigenvalue weighted by Crippen LogP contribution is -1.94. The second-order valence-corrected chi connectivity index (χ2v) is 3.15. The van der Waals surface area contributed by atoms with E-state index in [1.807, 2.05) is 0 Å². The molecule has 1 rings (SSSR count). The fourth-order valence-corrected chi connectivity index (χ4v) is 1.15. The van der Waals surface area contributed by atoms with Gasteiger partial charge in [0.05, 0.1) is 11.1 Å². The minimum absolute atomic E-state index is 0.0794. The van der Waals surface area contributed by atoms with Gasteiger partial charge in [-0.2, -0.15) is 0 Å². The van der Waals surface area contributed by atoms with Crippen LogP contribution in [0.3, 0.4) is 0 Å². The zero-order valence-electron chi connectivity index (χ0n) is 6.40. The molecule has 0 radical (unpaired) electrons. The summed E-state index contributed by atoms with van der Waals surface area (Å²) in [5.74, 6) is -0.950. The van der Waals surface area contributed by atoms with Gasteiger partial charge in [0, 0.05) is 12.7 Å². The molecule has 0 spiro atoms. The maximum Gasteiger partial charge on any atom is 0.137 e. The van der Waals surface area contributed by atoms with Gasteiger partial charge in [-0.25, -0.2) is 8.78 Å².